The number of phenols is 1. The second-order valence-corrected chi connectivity index (χ2v) is 4.48. The van der Waals surface area contributed by atoms with Crippen molar-refractivity contribution in [2.24, 2.45) is 0 Å². The third-order valence-electron chi connectivity index (χ3n) is 3.09. The van der Waals surface area contributed by atoms with E-state index in [9.17, 15) is 9.90 Å². The number of benzene rings is 3. The lowest BCUT2D eigenvalue weighted by molar-refractivity contribution is -0.0987. The first-order chi connectivity index (χ1) is 10.3. The van der Waals surface area contributed by atoms with Crippen molar-refractivity contribution in [2.75, 3.05) is 0 Å². The number of rotatable bonds is 4. The molecule has 0 bridgehead atoms. The molecule has 4 heteroatoms. The van der Waals surface area contributed by atoms with Gasteiger partial charge in [-0.3, -0.25) is 14.6 Å². The molecule has 0 unspecified atom stereocenters. The molecule has 3 aromatic carbocycles. The molecule has 3 aromatic rings. The van der Waals surface area contributed by atoms with E-state index in [2.05, 4.69) is 0 Å². The van der Waals surface area contributed by atoms with E-state index >= 15 is 0 Å². The van der Waals surface area contributed by atoms with Crippen molar-refractivity contribution in [2.45, 2.75) is 0 Å². The summed E-state index contributed by atoms with van der Waals surface area (Å²) < 4.78 is 0. The average Bonchev–Trinajstić information content (AvgIpc) is 2.53. The van der Waals surface area contributed by atoms with E-state index < -0.39 is 0 Å². The van der Waals surface area contributed by atoms with Crippen molar-refractivity contribution in [3.63, 3.8) is 0 Å². The molecule has 0 aliphatic carbocycles. The monoisotopic (exact) mass is 280 g/mol. The summed E-state index contributed by atoms with van der Waals surface area (Å²) in [5, 5.41) is 11.3. The van der Waals surface area contributed by atoms with Gasteiger partial charge in [-0.15, -0.1) is 0 Å². The number of carbonyl (C=O) groups is 1. The minimum atomic E-state index is -0.00499. The second-order valence-electron chi connectivity index (χ2n) is 4.48. The summed E-state index contributed by atoms with van der Waals surface area (Å²) in [6.07, 6.45) is 0.599. The van der Waals surface area contributed by atoms with Crippen LogP contribution in [0.15, 0.2) is 60.7 Å². The Morgan fingerprint density at radius 2 is 1.62 bits per heavy atom. The standard InChI is InChI=1S/C17H12O4/c18-11-13-10-14(19)8-9-16(13)20-21-17-7-3-5-12-4-1-2-6-15(12)17/h1-11,19H. The van der Waals surface area contributed by atoms with Gasteiger partial charge in [0.25, 0.3) is 0 Å². The number of phenolic OH excluding ortho intramolecular Hbond substituents is 1. The fraction of sp³-hybridized carbons (Fsp3) is 0. The normalized spacial score (nSPS) is 10.3. The average molecular weight is 280 g/mol. The van der Waals surface area contributed by atoms with Crippen molar-refractivity contribution < 1.29 is 19.7 Å². The molecule has 0 aromatic heterocycles. The molecule has 1 N–H and O–H groups in total. The number of hydrogen-bond donors (Lipinski definition) is 1. The van der Waals surface area contributed by atoms with E-state index in [0.29, 0.717) is 12.0 Å². The summed E-state index contributed by atoms with van der Waals surface area (Å²) in [4.78, 5) is 21.5. The van der Waals surface area contributed by atoms with Gasteiger partial charge in [-0.2, -0.15) is 0 Å². The number of aldehydes is 1. The first kappa shape index (κ1) is 13.0. The van der Waals surface area contributed by atoms with E-state index in [4.69, 9.17) is 9.78 Å². The summed E-state index contributed by atoms with van der Waals surface area (Å²) in [6, 6.07) is 17.6. The van der Waals surface area contributed by atoms with Crippen molar-refractivity contribution in [1.29, 1.82) is 0 Å². The predicted molar refractivity (Wildman–Crippen MR) is 78.7 cm³/mol. The number of aromatic hydroxyl groups is 1. The lowest BCUT2D eigenvalue weighted by Crippen LogP contribution is -2.03. The summed E-state index contributed by atoms with van der Waals surface area (Å²) in [5.41, 5.74) is 0.218. The van der Waals surface area contributed by atoms with Gasteiger partial charge in [-0.05, 0) is 29.7 Å². The van der Waals surface area contributed by atoms with E-state index in [1.807, 2.05) is 36.4 Å². The third-order valence-corrected chi connectivity index (χ3v) is 3.09. The molecule has 21 heavy (non-hydrogen) atoms. The molecule has 0 fully saturated rings. The van der Waals surface area contributed by atoms with Crippen LogP contribution in [-0.4, -0.2) is 11.4 Å². The van der Waals surface area contributed by atoms with Gasteiger partial charge in [0.15, 0.2) is 17.8 Å². The van der Waals surface area contributed by atoms with Crippen LogP contribution in [0, 0.1) is 0 Å². The quantitative estimate of drug-likeness (QED) is 0.449. The Morgan fingerprint density at radius 1 is 0.857 bits per heavy atom. The Kier molecular flexibility index (Phi) is 3.43. The van der Waals surface area contributed by atoms with E-state index in [1.165, 1.54) is 18.2 Å². The number of fused-ring (bicyclic) bond motifs is 1. The van der Waals surface area contributed by atoms with Crippen LogP contribution in [0.4, 0.5) is 0 Å². The Balaban J connectivity index is 1.89. The molecule has 0 saturated heterocycles. The van der Waals surface area contributed by atoms with Crippen LogP contribution in [0.3, 0.4) is 0 Å². The molecule has 0 radical (unpaired) electrons. The maximum absolute atomic E-state index is 11.0. The highest BCUT2D eigenvalue weighted by atomic mass is 17.2. The lowest BCUT2D eigenvalue weighted by Gasteiger charge is -2.09. The SMILES string of the molecule is O=Cc1cc(O)ccc1OOc1cccc2ccccc12. The zero-order chi connectivity index (χ0) is 14.7. The van der Waals surface area contributed by atoms with Crippen LogP contribution in [0.5, 0.6) is 17.2 Å². The molecule has 0 heterocycles. The minimum Gasteiger partial charge on any atom is -0.508 e. The summed E-state index contributed by atoms with van der Waals surface area (Å²) in [7, 11) is 0. The molecule has 0 aliphatic rings. The summed E-state index contributed by atoms with van der Waals surface area (Å²) >= 11 is 0. The molecule has 0 spiro atoms. The molecule has 104 valence electrons. The van der Waals surface area contributed by atoms with Crippen LogP contribution < -0.4 is 9.78 Å². The van der Waals surface area contributed by atoms with Crippen molar-refractivity contribution >= 4 is 17.1 Å². The van der Waals surface area contributed by atoms with E-state index in [0.717, 1.165) is 10.8 Å². The van der Waals surface area contributed by atoms with Gasteiger partial charge in [-0.25, -0.2) is 0 Å². The molecular weight excluding hydrogens is 268 g/mol. The Hall–Kier alpha value is -3.01. The summed E-state index contributed by atoms with van der Waals surface area (Å²) in [5.74, 6) is 0.795. The Bertz CT molecular complexity index is 790. The van der Waals surface area contributed by atoms with Crippen molar-refractivity contribution in [3.05, 3.63) is 66.2 Å². The highest BCUT2D eigenvalue weighted by Gasteiger charge is 2.08. The van der Waals surface area contributed by atoms with E-state index in [1.54, 1.807) is 6.07 Å². The van der Waals surface area contributed by atoms with Crippen LogP contribution >= 0.6 is 0 Å². The molecule has 0 amide bonds. The third kappa shape index (κ3) is 2.65. The van der Waals surface area contributed by atoms with Gasteiger partial charge in [0.1, 0.15) is 5.75 Å². The van der Waals surface area contributed by atoms with Crippen LogP contribution in [-0.2, 0) is 0 Å². The van der Waals surface area contributed by atoms with Gasteiger partial charge in [0.2, 0.25) is 0 Å². The molecule has 3 rings (SSSR count). The van der Waals surface area contributed by atoms with Crippen LogP contribution in [0.2, 0.25) is 0 Å². The highest BCUT2D eigenvalue weighted by Crippen LogP contribution is 2.27. The van der Waals surface area contributed by atoms with E-state index in [-0.39, 0.29) is 17.1 Å². The van der Waals surface area contributed by atoms with Gasteiger partial charge in [-0.1, -0.05) is 36.4 Å². The predicted octanol–water partition coefficient (Wildman–Crippen LogP) is 3.73. The number of hydrogen-bond acceptors (Lipinski definition) is 4. The molecular formula is C17H12O4. The summed E-state index contributed by atoms with van der Waals surface area (Å²) in [6.45, 7) is 0. The van der Waals surface area contributed by atoms with Gasteiger partial charge in [0, 0.05) is 5.39 Å². The van der Waals surface area contributed by atoms with Gasteiger partial charge >= 0.3 is 0 Å². The zero-order valence-electron chi connectivity index (χ0n) is 11.0. The highest BCUT2D eigenvalue weighted by molar-refractivity contribution is 5.88. The maximum atomic E-state index is 11.0. The zero-order valence-corrected chi connectivity index (χ0v) is 11.0. The van der Waals surface area contributed by atoms with Crippen LogP contribution in [0.1, 0.15) is 10.4 Å². The smallest absolute Gasteiger partial charge is 0.189 e. The largest absolute Gasteiger partial charge is 0.508 e. The second kappa shape index (κ2) is 5.54. The topological polar surface area (TPSA) is 55.8 Å². The molecule has 4 nitrogen and oxygen atoms in total. The Morgan fingerprint density at radius 3 is 2.48 bits per heavy atom. The number of carbonyl (C=O) groups excluding carboxylic acids is 1. The fourth-order valence-corrected chi connectivity index (χ4v) is 2.06. The minimum absolute atomic E-state index is 0.00499. The lowest BCUT2D eigenvalue weighted by atomic mass is 10.1. The van der Waals surface area contributed by atoms with Gasteiger partial charge in [0.05, 0.1) is 5.56 Å². The fourth-order valence-electron chi connectivity index (χ4n) is 2.06. The first-order valence-corrected chi connectivity index (χ1v) is 6.38. The first-order valence-electron chi connectivity index (χ1n) is 6.38. The molecule has 0 atom stereocenters. The van der Waals surface area contributed by atoms with Gasteiger partial charge < -0.3 is 5.11 Å². The van der Waals surface area contributed by atoms with Crippen molar-refractivity contribution in [1.82, 2.24) is 0 Å². The maximum Gasteiger partial charge on any atom is 0.189 e. The Labute approximate surface area is 121 Å². The van der Waals surface area contributed by atoms with Crippen LogP contribution in [0.25, 0.3) is 10.8 Å². The molecule has 0 saturated carbocycles. The molecule has 0 aliphatic heterocycles. The van der Waals surface area contributed by atoms with Crippen molar-refractivity contribution in [3.8, 4) is 17.2 Å².